The Hall–Kier alpha value is -3.10. The van der Waals surface area contributed by atoms with Crippen molar-refractivity contribution in [3.8, 4) is 5.75 Å². The molecule has 2 aliphatic rings. The standard InChI is InChI=1S/C23H30BN2O6/c1-15(2)11-20-21(27)13-17(23(29)30-3)5-4-10-31-18-8-6-16(7-9-18)12-19(22(28)26-20)24-32-14-25/h4-9,14-15,17,19-20,25H,10-13H2,1-3H3,(H,26,28)/b5-4+,25-14?/t17-,19+,20+/m1/s1. The number of hydrogen-bond donors (Lipinski definition) is 2. The summed E-state index contributed by atoms with van der Waals surface area (Å²) < 4.78 is 15.5. The Labute approximate surface area is 189 Å². The van der Waals surface area contributed by atoms with Crippen LogP contribution in [0.15, 0.2) is 36.4 Å². The second kappa shape index (κ2) is 12.7. The number of amides is 1. The highest BCUT2D eigenvalue weighted by atomic mass is 16.5. The van der Waals surface area contributed by atoms with Gasteiger partial charge in [-0.25, -0.2) is 0 Å². The van der Waals surface area contributed by atoms with Crippen LogP contribution in [0.5, 0.6) is 5.75 Å². The van der Waals surface area contributed by atoms with Crippen LogP contribution in [0.25, 0.3) is 0 Å². The summed E-state index contributed by atoms with van der Waals surface area (Å²) in [7, 11) is 2.56. The molecule has 9 heteroatoms. The van der Waals surface area contributed by atoms with E-state index in [1.165, 1.54) is 14.6 Å². The molecule has 32 heavy (non-hydrogen) atoms. The number of methoxy groups -OCH3 is 1. The molecule has 2 aliphatic heterocycles. The first-order valence-electron chi connectivity index (χ1n) is 10.6. The fourth-order valence-electron chi connectivity index (χ4n) is 3.44. The molecule has 3 rings (SSSR count). The van der Waals surface area contributed by atoms with E-state index in [9.17, 15) is 14.4 Å². The quantitative estimate of drug-likeness (QED) is 0.231. The van der Waals surface area contributed by atoms with Crippen LogP contribution in [-0.4, -0.2) is 51.3 Å². The highest BCUT2D eigenvalue weighted by molar-refractivity contribution is 6.39. The van der Waals surface area contributed by atoms with E-state index in [0.717, 1.165) is 12.0 Å². The Morgan fingerprint density at radius 2 is 2.00 bits per heavy atom. The average Bonchev–Trinajstić information content (AvgIpc) is 2.77. The van der Waals surface area contributed by atoms with Crippen LogP contribution < -0.4 is 10.1 Å². The number of carbonyl (C=O) groups excluding carboxylic acids is 3. The number of benzene rings is 1. The number of rotatable bonds is 6. The van der Waals surface area contributed by atoms with Crippen LogP contribution in [0.3, 0.4) is 0 Å². The fourth-order valence-corrected chi connectivity index (χ4v) is 3.44. The van der Waals surface area contributed by atoms with E-state index in [0.29, 0.717) is 18.6 Å². The predicted molar refractivity (Wildman–Crippen MR) is 121 cm³/mol. The van der Waals surface area contributed by atoms with Gasteiger partial charge in [0.25, 0.3) is 0 Å². The van der Waals surface area contributed by atoms with Gasteiger partial charge < -0.3 is 19.4 Å². The molecule has 0 saturated heterocycles. The zero-order chi connectivity index (χ0) is 23.5. The number of nitrogens with one attached hydrogen (secondary N) is 2. The van der Waals surface area contributed by atoms with Crippen molar-refractivity contribution >= 4 is 31.5 Å². The molecular weight excluding hydrogens is 411 g/mol. The molecule has 0 aromatic heterocycles. The lowest BCUT2D eigenvalue weighted by atomic mass is 9.75. The number of ketones is 1. The van der Waals surface area contributed by atoms with Crippen LogP contribution in [0.1, 0.15) is 32.3 Å². The van der Waals surface area contributed by atoms with Gasteiger partial charge in [-0.2, -0.15) is 0 Å². The molecule has 1 radical (unpaired) electrons. The van der Waals surface area contributed by atoms with Crippen molar-refractivity contribution in [1.29, 1.82) is 5.41 Å². The van der Waals surface area contributed by atoms with Gasteiger partial charge in [-0.15, -0.1) is 0 Å². The molecule has 3 atom stereocenters. The van der Waals surface area contributed by atoms with Crippen LogP contribution in [0.2, 0.25) is 5.82 Å². The molecule has 8 nitrogen and oxygen atoms in total. The second-order valence-electron chi connectivity index (χ2n) is 8.07. The highest BCUT2D eigenvalue weighted by Gasteiger charge is 2.30. The molecule has 0 unspecified atom stereocenters. The summed E-state index contributed by atoms with van der Waals surface area (Å²) >= 11 is 0. The van der Waals surface area contributed by atoms with E-state index in [1.54, 1.807) is 24.3 Å². The normalized spacial score (nSPS) is 23.1. The maximum absolute atomic E-state index is 13.1. The van der Waals surface area contributed by atoms with Crippen molar-refractivity contribution in [3.63, 3.8) is 0 Å². The van der Waals surface area contributed by atoms with Crippen LogP contribution in [0.4, 0.5) is 0 Å². The van der Waals surface area contributed by atoms with Gasteiger partial charge in [0.2, 0.25) is 5.91 Å². The highest BCUT2D eigenvalue weighted by Crippen LogP contribution is 2.20. The van der Waals surface area contributed by atoms with Gasteiger partial charge in [0.15, 0.2) is 5.78 Å². The molecule has 2 N–H and O–H groups in total. The fraction of sp³-hybridized carbons (Fsp3) is 0.478. The van der Waals surface area contributed by atoms with Crippen molar-refractivity contribution < 1.29 is 28.5 Å². The molecular formula is C23H30BN2O6. The molecule has 171 valence electrons. The Morgan fingerprint density at radius 3 is 2.62 bits per heavy atom. The lowest BCUT2D eigenvalue weighted by Crippen LogP contribution is -2.45. The smallest absolute Gasteiger partial charge is 0.384 e. The minimum absolute atomic E-state index is 0.0973. The maximum atomic E-state index is 13.1. The number of fused-ring (bicyclic) bond motifs is 12. The van der Waals surface area contributed by atoms with Gasteiger partial charge in [-0.1, -0.05) is 38.1 Å². The van der Waals surface area contributed by atoms with Gasteiger partial charge in [0.05, 0.1) is 24.9 Å². The third kappa shape index (κ3) is 7.87. The molecule has 1 aromatic carbocycles. The van der Waals surface area contributed by atoms with Crippen molar-refractivity contribution in [2.45, 2.75) is 45.0 Å². The summed E-state index contributed by atoms with van der Waals surface area (Å²) in [5.74, 6) is -1.88. The minimum atomic E-state index is -0.776. The molecule has 2 heterocycles. The van der Waals surface area contributed by atoms with Crippen LogP contribution in [-0.2, 0) is 30.2 Å². The predicted octanol–water partition coefficient (Wildman–Crippen LogP) is 2.49. The monoisotopic (exact) mass is 441 g/mol. The summed E-state index contributed by atoms with van der Waals surface area (Å²) in [5, 5.41) is 9.94. The van der Waals surface area contributed by atoms with Crippen molar-refractivity contribution in [3.05, 3.63) is 42.0 Å². The summed E-state index contributed by atoms with van der Waals surface area (Å²) in [6, 6.07) is 6.52. The second-order valence-corrected chi connectivity index (χ2v) is 8.07. The molecule has 0 saturated carbocycles. The van der Waals surface area contributed by atoms with Crippen molar-refractivity contribution in [1.82, 2.24) is 5.32 Å². The third-order valence-corrected chi connectivity index (χ3v) is 5.08. The van der Waals surface area contributed by atoms with Crippen LogP contribution in [0, 0.1) is 17.2 Å². The molecule has 1 aromatic rings. The van der Waals surface area contributed by atoms with Crippen LogP contribution >= 0.6 is 0 Å². The Kier molecular flexibility index (Phi) is 9.98. The average molecular weight is 441 g/mol. The number of esters is 1. The third-order valence-electron chi connectivity index (χ3n) is 5.08. The van der Waals surface area contributed by atoms with E-state index in [1.807, 2.05) is 26.0 Å². The molecule has 2 bridgehead atoms. The first kappa shape index (κ1) is 25.2. The lowest BCUT2D eigenvalue weighted by molar-refractivity contribution is -0.145. The van der Waals surface area contributed by atoms with E-state index in [2.05, 4.69) is 5.32 Å². The maximum Gasteiger partial charge on any atom is 0.384 e. The summed E-state index contributed by atoms with van der Waals surface area (Å²) in [4.78, 5) is 38.3. The van der Waals surface area contributed by atoms with Gasteiger partial charge in [-0.3, -0.25) is 19.8 Å². The minimum Gasteiger partial charge on any atom is -0.555 e. The van der Waals surface area contributed by atoms with Crippen molar-refractivity contribution in [2.24, 2.45) is 11.8 Å². The Bertz CT molecular complexity index is 824. The topological polar surface area (TPSA) is 115 Å². The first-order chi connectivity index (χ1) is 15.3. The zero-order valence-electron chi connectivity index (χ0n) is 18.7. The lowest BCUT2D eigenvalue weighted by Gasteiger charge is -2.24. The number of carbonyl (C=O) groups is 3. The number of Topliss-reactive ketones (excluding diaryl/α,β-unsaturated/α-hetero) is 1. The number of ether oxygens (including phenoxy) is 2. The van der Waals surface area contributed by atoms with E-state index < -0.39 is 23.7 Å². The van der Waals surface area contributed by atoms with Gasteiger partial charge in [0, 0.05) is 6.42 Å². The Morgan fingerprint density at radius 1 is 1.28 bits per heavy atom. The molecule has 0 spiro atoms. The summed E-state index contributed by atoms with van der Waals surface area (Å²) in [5.41, 5.74) is 0.877. The number of hydrogen-bond acceptors (Lipinski definition) is 7. The zero-order valence-corrected chi connectivity index (χ0v) is 18.7. The molecule has 0 fully saturated rings. The first-order valence-corrected chi connectivity index (χ1v) is 10.6. The van der Waals surface area contributed by atoms with Gasteiger partial charge >= 0.3 is 13.5 Å². The van der Waals surface area contributed by atoms with Gasteiger partial charge in [0.1, 0.15) is 18.8 Å². The summed E-state index contributed by atoms with van der Waals surface area (Å²) in [6.07, 6.45) is 4.69. The van der Waals surface area contributed by atoms with Gasteiger partial charge in [-0.05, 0) is 36.5 Å². The molecule has 0 aliphatic carbocycles. The largest absolute Gasteiger partial charge is 0.555 e. The van der Waals surface area contributed by atoms with E-state index in [-0.39, 0.29) is 30.6 Å². The summed E-state index contributed by atoms with van der Waals surface area (Å²) in [6.45, 7) is 4.14. The molecule has 1 amide bonds. The van der Waals surface area contributed by atoms with Crippen molar-refractivity contribution in [2.75, 3.05) is 13.7 Å². The SMILES string of the molecule is COC(=O)[C@@H]1/C=C/COc2ccc(cc2)C[C@H]([B]OC=N)C(=O)N[C@@H](CC(C)C)C(=O)C1. The Balaban J connectivity index is 2.37. The van der Waals surface area contributed by atoms with E-state index >= 15 is 0 Å². The van der Waals surface area contributed by atoms with E-state index in [4.69, 9.17) is 19.5 Å².